The van der Waals surface area contributed by atoms with Crippen molar-refractivity contribution in [1.29, 1.82) is 0 Å². The molecule has 1 amide bonds. The number of carbonyl (C=O) groups excluding carboxylic acids is 1. The van der Waals surface area contributed by atoms with Gasteiger partial charge in [0.15, 0.2) is 0 Å². The molecule has 11 heteroatoms. The summed E-state index contributed by atoms with van der Waals surface area (Å²) in [4.78, 5) is 22.5. The Labute approximate surface area is 174 Å². The molecule has 0 saturated carbocycles. The number of hydrogen-bond donors (Lipinski definition) is 3. The fourth-order valence-electron chi connectivity index (χ4n) is 2.82. The summed E-state index contributed by atoms with van der Waals surface area (Å²) in [5, 5.41) is 22.0. The number of nitro benzene ring substituents is 1. The SMILES string of the molecule is CCC(NC(=O)CCNc1ccc(S(N)(=O)=O)cc1[N+](=O)[O-])c1ccc(OC)cc1. The maximum atomic E-state index is 12.3. The van der Waals surface area contributed by atoms with E-state index in [-0.39, 0.29) is 35.5 Å². The lowest BCUT2D eigenvalue weighted by atomic mass is 10.0. The second-order valence-electron chi connectivity index (χ2n) is 6.46. The highest BCUT2D eigenvalue weighted by molar-refractivity contribution is 7.89. The van der Waals surface area contributed by atoms with Gasteiger partial charge in [-0.3, -0.25) is 14.9 Å². The lowest BCUT2D eigenvalue weighted by molar-refractivity contribution is -0.384. The van der Waals surface area contributed by atoms with Crippen molar-refractivity contribution >= 4 is 27.3 Å². The Bertz CT molecular complexity index is 1010. The van der Waals surface area contributed by atoms with E-state index in [1.165, 1.54) is 12.1 Å². The summed E-state index contributed by atoms with van der Waals surface area (Å²) >= 11 is 0. The molecular formula is C19H24N4O6S. The summed E-state index contributed by atoms with van der Waals surface area (Å²) in [5.74, 6) is 0.494. The van der Waals surface area contributed by atoms with Crippen LogP contribution in [0.25, 0.3) is 0 Å². The number of carbonyl (C=O) groups is 1. The Hall–Kier alpha value is -3.18. The zero-order chi connectivity index (χ0) is 22.3. The Morgan fingerprint density at radius 3 is 2.43 bits per heavy atom. The first-order valence-electron chi connectivity index (χ1n) is 9.14. The van der Waals surface area contributed by atoms with E-state index in [4.69, 9.17) is 9.88 Å². The second-order valence-corrected chi connectivity index (χ2v) is 8.02. The van der Waals surface area contributed by atoms with Crippen molar-refractivity contribution < 1.29 is 22.9 Å². The number of anilines is 1. The number of sulfonamides is 1. The van der Waals surface area contributed by atoms with Gasteiger partial charge in [-0.25, -0.2) is 13.6 Å². The highest BCUT2D eigenvalue weighted by atomic mass is 32.2. The van der Waals surface area contributed by atoms with Crippen molar-refractivity contribution in [2.75, 3.05) is 19.0 Å². The Balaban J connectivity index is 1.98. The van der Waals surface area contributed by atoms with E-state index in [1.54, 1.807) is 7.11 Å². The van der Waals surface area contributed by atoms with E-state index in [0.717, 1.165) is 17.4 Å². The molecule has 162 valence electrons. The molecular weight excluding hydrogens is 412 g/mol. The van der Waals surface area contributed by atoms with Crippen LogP contribution >= 0.6 is 0 Å². The Morgan fingerprint density at radius 2 is 1.90 bits per heavy atom. The van der Waals surface area contributed by atoms with Crippen LogP contribution in [-0.2, 0) is 14.8 Å². The molecule has 4 N–H and O–H groups in total. The third kappa shape index (κ3) is 6.16. The fraction of sp³-hybridized carbons (Fsp3) is 0.316. The number of nitrogens with two attached hydrogens (primary N) is 1. The maximum absolute atomic E-state index is 12.3. The molecule has 1 atom stereocenters. The number of nitrogens with one attached hydrogen (secondary N) is 2. The highest BCUT2D eigenvalue weighted by Crippen LogP contribution is 2.27. The number of rotatable bonds is 10. The molecule has 0 aromatic heterocycles. The fourth-order valence-corrected chi connectivity index (χ4v) is 3.36. The number of nitrogens with zero attached hydrogens (tertiary/aromatic N) is 1. The first kappa shape index (κ1) is 23.1. The normalized spacial score (nSPS) is 12.1. The minimum atomic E-state index is -4.06. The van der Waals surface area contributed by atoms with Crippen LogP contribution in [-0.4, -0.2) is 32.9 Å². The predicted molar refractivity (Wildman–Crippen MR) is 112 cm³/mol. The van der Waals surface area contributed by atoms with Crippen molar-refractivity contribution in [3.8, 4) is 5.75 Å². The third-order valence-corrected chi connectivity index (χ3v) is 5.33. The third-order valence-electron chi connectivity index (χ3n) is 4.42. The summed E-state index contributed by atoms with van der Waals surface area (Å²) in [6.45, 7) is 2.07. The van der Waals surface area contributed by atoms with Crippen LogP contribution in [0.15, 0.2) is 47.4 Å². The van der Waals surface area contributed by atoms with Crippen molar-refractivity contribution in [1.82, 2.24) is 5.32 Å². The monoisotopic (exact) mass is 436 g/mol. The number of amides is 1. The molecule has 0 fully saturated rings. The predicted octanol–water partition coefficient (Wildman–Crippen LogP) is 2.32. The number of nitro groups is 1. The summed E-state index contributed by atoms with van der Waals surface area (Å²) in [6, 6.07) is 10.5. The van der Waals surface area contributed by atoms with Gasteiger partial charge in [-0.05, 0) is 36.2 Å². The van der Waals surface area contributed by atoms with Gasteiger partial charge in [0.05, 0.1) is 23.0 Å². The number of hydrogen-bond acceptors (Lipinski definition) is 7. The molecule has 2 aromatic carbocycles. The van der Waals surface area contributed by atoms with Gasteiger partial charge >= 0.3 is 0 Å². The topological polar surface area (TPSA) is 154 Å². The summed E-state index contributed by atoms with van der Waals surface area (Å²) in [6.07, 6.45) is 0.757. The van der Waals surface area contributed by atoms with Gasteiger partial charge in [-0.1, -0.05) is 19.1 Å². The molecule has 2 aromatic rings. The molecule has 0 heterocycles. The molecule has 1 unspecified atom stereocenters. The molecule has 0 aliphatic carbocycles. The van der Waals surface area contributed by atoms with Crippen LogP contribution < -0.4 is 20.5 Å². The van der Waals surface area contributed by atoms with Crippen LogP contribution in [0.5, 0.6) is 5.75 Å². The first-order valence-corrected chi connectivity index (χ1v) is 10.7. The molecule has 0 bridgehead atoms. The van der Waals surface area contributed by atoms with Gasteiger partial charge in [-0.2, -0.15) is 0 Å². The average molecular weight is 436 g/mol. The van der Waals surface area contributed by atoms with E-state index in [2.05, 4.69) is 10.6 Å². The van der Waals surface area contributed by atoms with Crippen molar-refractivity contribution in [3.63, 3.8) is 0 Å². The molecule has 30 heavy (non-hydrogen) atoms. The number of ether oxygens (including phenoxy) is 1. The Kier molecular flexibility index (Phi) is 7.72. The van der Waals surface area contributed by atoms with E-state index in [1.807, 2.05) is 31.2 Å². The van der Waals surface area contributed by atoms with E-state index in [9.17, 15) is 23.3 Å². The number of methoxy groups -OCH3 is 1. The smallest absolute Gasteiger partial charge is 0.293 e. The summed E-state index contributed by atoms with van der Waals surface area (Å²) in [7, 11) is -2.48. The zero-order valence-corrected chi connectivity index (χ0v) is 17.4. The van der Waals surface area contributed by atoms with E-state index >= 15 is 0 Å². The first-order chi connectivity index (χ1) is 14.2. The zero-order valence-electron chi connectivity index (χ0n) is 16.6. The molecule has 2 rings (SSSR count). The van der Waals surface area contributed by atoms with Gasteiger partial charge in [0.25, 0.3) is 5.69 Å². The molecule has 0 spiro atoms. The summed E-state index contributed by atoms with van der Waals surface area (Å²) in [5.41, 5.74) is 0.600. The molecule has 0 radical (unpaired) electrons. The average Bonchev–Trinajstić information content (AvgIpc) is 2.71. The van der Waals surface area contributed by atoms with Crippen LogP contribution in [0, 0.1) is 10.1 Å². The quantitative estimate of drug-likeness (QED) is 0.381. The van der Waals surface area contributed by atoms with Crippen molar-refractivity contribution in [2.45, 2.75) is 30.7 Å². The van der Waals surface area contributed by atoms with E-state index < -0.39 is 20.6 Å². The number of primary sulfonamides is 1. The standard InChI is InChI=1S/C19H24N4O6S/c1-3-16(13-4-6-14(29-2)7-5-13)22-19(24)10-11-21-17-9-8-15(30(20,27)28)12-18(17)23(25)26/h4-9,12,16,21H,3,10-11H2,1-2H3,(H,22,24)(H2,20,27,28). The molecule has 0 aliphatic heterocycles. The van der Waals surface area contributed by atoms with Crippen LogP contribution in [0.3, 0.4) is 0 Å². The van der Waals surface area contributed by atoms with Gasteiger partial charge in [0.1, 0.15) is 11.4 Å². The minimum absolute atomic E-state index is 0.0702. The van der Waals surface area contributed by atoms with Gasteiger partial charge < -0.3 is 15.4 Å². The molecule has 0 aliphatic rings. The van der Waals surface area contributed by atoms with E-state index in [0.29, 0.717) is 6.42 Å². The Morgan fingerprint density at radius 1 is 1.23 bits per heavy atom. The van der Waals surface area contributed by atoms with Crippen LogP contribution in [0.2, 0.25) is 0 Å². The lowest BCUT2D eigenvalue weighted by Crippen LogP contribution is -2.29. The largest absolute Gasteiger partial charge is 0.497 e. The minimum Gasteiger partial charge on any atom is -0.497 e. The van der Waals surface area contributed by atoms with Crippen LogP contribution in [0.1, 0.15) is 31.4 Å². The summed E-state index contributed by atoms with van der Waals surface area (Å²) < 4.78 is 27.9. The van der Waals surface area contributed by atoms with Gasteiger partial charge in [0.2, 0.25) is 15.9 Å². The molecule has 0 saturated heterocycles. The maximum Gasteiger partial charge on any atom is 0.293 e. The van der Waals surface area contributed by atoms with Gasteiger partial charge in [-0.15, -0.1) is 0 Å². The van der Waals surface area contributed by atoms with Crippen LogP contribution in [0.4, 0.5) is 11.4 Å². The lowest BCUT2D eigenvalue weighted by Gasteiger charge is -2.18. The second kappa shape index (κ2) is 10.0. The molecule has 10 nitrogen and oxygen atoms in total. The van der Waals surface area contributed by atoms with Crippen molar-refractivity contribution in [3.05, 3.63) is 58.1 Å². The van der Waals surface area contributed by atoms with Gasteiger partial charge in [0, 0.05) is 19.0 Å². The highest BCUT2D eigenvalue weighted by Gasteiger charge is 2.19. The van der Waals surface area contributed by atoms with Crippen molar-refractivity contribution in [2.24, 2.45) is 5.14 Å². The number of benzene rings is 2.